The fourth-order valence-electron chi connectivity index (χ4n) is 3.86. The maximum Gasteiger partial charge on any atom is 0.0469 e. The molecule has 0 amide bonds. The van der Waals surface area contributed by atoms with Crippen molar-refractivity contribution >= 4 is 10.9 Å². The van der Waals surface area contributed by atoms with Gasteiger partial charge in [0.05, 0.1) is 0 Å². The van der Waals surface area contributed by atoms with Crippen molar-refractivity contribution in [3.8, 4) is 11.1 Å². The quantitative estimate of drug-likeness (QED) is 0.627. The largest absolute Gasteiger partial charge is 0.357 e. The Hall–Kier alpha value is -2.54. The second-order valence-electron chi connectivity index (χ2n) is 5.85. The average molecular weight is 269 g/mol. The van der Waals surface area contributed by atoms with E-state index in [0.29, 0.717) is 5.92 Å². The first kappa shape index (κ1) is 11.2. The van der Waals surface area contributed by atoms with Crippen molar-refractivity contribution in [1.82, 2.24) is 4.98 Å². The summed E-state index contributed by atoms with van der Waals surface area (Å²) in [6.45, 7) is 0. The highest BCUT2D eigenvalue weighted by Gasteiger charge is 2.33. The van der Waals surface area contributed by atoms with Gasteiger partial charge in [0.15, 0.2) is 0 Å². The Morgan fingerprint density at radius 1 is 0.952 bits per heavy atom. The van der Waals surface area contributed by atoms with E-state index < -0.39 is 0 Å². The van der Waals surface area contributed by atoms with E-state index in [2.05, 4.69) is 71.7 Å². The number of H-pyrrole nitrogens is 1. The lowest BCUT2D eigenvalue weighted by Crippen LogP contribution is -2.00. The summed E-state index contributed by atoms with van der Waals surface area (Å²) >= 11 is 0. The Labute approximate surface area is 123 Å². The number of aromatic nitrogens is 1. The molecule has 0 spiro atoms. The van der Waals surface area contributed by atoms with Gasteiger partial charge in [-0.25, -0.2) is 0 Å². The van der Waals surface area contributed by atoms with Crippen LogP contribution >= 0.6 is 0 Å². The maximum absolute atomic E-state index is 3.68. The molecule has 1 heterocycles. The smallest absolute Gasteiger partial charge is 0.0469 e. The first-order valence-electron chi connectivity index (χ1n) is 7.49. The minimum atomic E-state index is 0.388. The Morgan fingerprint density at radius 3 is 2.71 bits per heavy atom. The van der Waals surface area contributed by atoms with Gasteiger partial charge in [-0.1, -0.05) is 66.3 Å². The molecule has 1 aromatic heterocycles. The molecule has 0 aliphatic heterocycles. The summed E-state index contributed by atoms with van der Waals surface area (Å²) in [6.07, 6.45) is 7.77. The van der Waals surface area contributed by atoms with Crippen molar-refractivity contribution in [1.29, 1.82) is 0 Å². The first-order valence-corrected chi connectivity index (χ1v) is 7.49. The monoisotopic (exact) mass is 269 g/mol. The number of aromatic amines is 1. The third-order valence-electron chi connectivity index (χ3n) is 4.74. The molecule has 0 fully saturated rings. The van der Waals surface area contributed by atoms with Crippen molar-refractivity contribution in [2.24, 2.45) is 0 Å². The van der Waals surface area contributed by atoms with Gasteiger partial charge in [-0.05, 0) is 23.6 Å². The zero-order valence-corrected chi connectivity index (χ0v) is 11.6. The van der Waals surface area contributed by atoms with Gasteiger partial charge >= 0.3 is 0 Å². The van der Waals surface area contributed by atoms with Gasteiger partial charge in [-0.15, -0.1) is 0 Å². The standard InChI is InChI=1S/C20H15N/c1-2-8-13(7-1)18-14-9-3-4-10-15(14)19-16-11-5-6-12-17(16)21-20(18)19/h1-7,9-12,18,21H,8H2. The Bertz CT molecular complexity index is 924. The SMILES string of the molecule is C1=CCC(C2c3ccccc3-c3c2[nH]c2ccccc32)=C1. The van der Waals surface area contributed by atoms with Crippen LogP contribution in [0.25, 0.3) is 22.0 Å². The van der Waals surface area contributed by atoms with Crippen molar-refractivity contribution < 1.29 is 0 Å². The number of hydrogen-bond donors (Lipinski definition) is 1. The van der Waals surface area contributed by atoms with Gasteiger partial charge < -0.3 is 4.98 Å². The number of fused-ring (bicyclic) bond motifs is 5. The molecule has 2 aromatic carbocycles. The fourth-order valence-corrected chi connectivity index (χ4v) is 3.86. The highest BCUT2D eigenvalue weighted by Crippen LogP contribution is 2.51. The van der Waals surface area contributed by atoms with Crippen LogP contribution in [0.5, 0.6) is 0 Å². The van der Waals surface area contributed by atoms with Crippen LogP contribution < -0.4 is 0 Å². The number of hydrogen-bond acceptors (Lipinski definition) is 0. The van der Waals surface area contributed by atoms with Crippen LogP contribution in [-0.4, -0.2) is 4.98 Å². The fraction of sp³-hybridized carbons (Fsp3) is 0.100. The molecule has 3 aromatic rings. The predicted molar refractivity (Wildman–Crippen MR) is 87.4 cm³/mol. The summed E-state index contributed by atoms with van der Waals surface area (Å²) in [7, 11) is 0. The summed E-state index contributed by atoms with van der Waals surface area (Å²) < 4.78 is 0. The molecule has 0 saturated heterocycles. The Balaban J connectivity index is 1.87. The van der Waals surface area contributed by atoms with Crippen LogP contribution in [0.15, 0.2) is 72.3 Å². The van der Waals surface area contributed by atoms with Gasteiger partial charge in [-0.3, -0.25) is 0 Å². The van der Waals surface area contributed by atoms with Crippen LogP contribution in [0.2, 0.25) is 0 Å². The van der Waals surface area contributed by atoms with Crippen molar-refractivity contribution in [3.05, 3.63) is 83.6 Å². The third kappa shape index (κ3) is 1.41. The molecular weight excluding hydrogens is 254 g/mol. The number of rotatable bonds is 1. The van der Waals surface area contributed by atoms with Crippen molar-refractivity contribution in [3.63, 3.8) is 0 Å². The second kappa shape index (κ2) is 3.98. The van der Waals surface area contributed by atoms with E-state index >= 15 is 0 Å². The van der Waals surface area contributed by atoms with Crippen LogP contribution in [-0.2, 0) is 0 Å². The molecule has 1 N–H and O–H groups in total. The van der Waals surface area contributed by atoms with Crippen LogP contribution in [0.4, 0.5) is 0 Å². The highest BCUT2D eigenvalue weighted by atomic mass is 14.7. The van der Waals surface area contributed by atoms with Gasteiger partial charge in [0, 0.05) is 28.1 Å². The van der Waals surface area contributed by atoms with E-state index in [1.54, 1.807) is 0 Å². The topological polar surface area (TPSA) is 15.8 Å². The number of allylic oxidation sites excluding steroid dienone is 4. The molecule has 100 valence electrons. The van der Waals surface area contributed by atoms with Crippen molar-refractivity contribution in [2.45, 2.75) is 12.3 Å². The van der Waals surface area contributed by atoms with Gasteiger partial charge in [0.1, 0.15) is 0 Å². The summed E-state index contributed by atoms with van der Waals surface area (Å²) in [5, 5.41) is 1.34. The molecule has 1 unspecified atom stereocenters. The summed E-state index contributed by atoms with van der Waals surface area (Å²) in [5.74, 6) is 0.388. The van der Waals surface area contributed by atoms with Gasteiger partial charge in [0.2, 0.25) is 0 Å². The third-order valence-corrected chi connectivity index (χ3v) is 4.74. The Morgan fingerprint density at radius 2 is 1.81 bits per heavy atom. The normalized spacial score (nSPS) is 18.9. The number of benzene rings is 2. The minimum absolute atomic E-state index is 0.388. The minimum Gasteiger partial charge on any atom is -0.357 e. The summed E-state index contributed by atoms with van der Waals surface area (Å²) in [6, 6.07) is 17.5. The first-order chi connectivity index (χ1) is 10.4. The van der Waals surface area contributed by atoms with E-state index in [9.17, 15) is 0 Å². The average Bonchev–Trinajstić information content (AvgIpc) is 3.21. The lowest BCUT2D eigenvalue weighted by atomic mass is 9.91. The number of para-hydroxylation sites is 1. The number of nitrogens with one attached hydrogen (secondary N) is 1. The second-order valence-corrected chi connectivity index (χ2v) is 5.85. The van der Waals surface area contributed by atoms with E-state index in [1.807, 2.05) is 0 Å². The van der Waals surface area contributed by atoms with Crippen molar-refractivity contribution in [2.75, 3.05) is 0 Å². The molecule has 21 heavy (non-hydrogen) atoms. The van der Waals surface area contributed by atoms with Crippen LogP contribution in [0.1, 0.15) is 23.6 Å². The zero-order valence-electron chi connectivity index (χ0n) is 11.6. The highest BCUT2D eigenvalue weighted by molar-refractivity contribution is 6.01. The molecule has 0 bridgehead atoms. The van der Waals surface area contributed by atoms with Gasteiger partial charge in [-0.2, -0.15) is 0 Å². The van der Waals surface area contributed by atoms with E-state index in [0.717, 1.165) is 6.42 Å². The predicted octanol–water partition coefficient (Wildman–Crippen LogP) is 5.17. The maximum atomic E-state index is 3.68. The molecule has 0 saturated carbocycles. The summed E-state index contributed by atoms with van der Waals surface area (Å²) in [5.41, 5.74) is 8.34. The molecule has 1 atom stereocenters. The van der Waals surface area contributed by atoms with Gasteiger partial charge in [0.25, 0.3) is 0 Å². The molecule has 1 heteroatoms. The van der Waals surface area contributed by atoms with E-state index in [4.69, 9.17) is 0 Å². The lowest BCUT2D eigenvalue weighted by molar-refractivity contribution is 0.916. The van der Waals surface area contributed by atoms with E-state index in [1.165, 1.54) is 38.9 Å². The van der Waals surface area contributed by atoms with E-state index in [-0.39, 0.29) is 0 Å². The summed E-state index contributed by atoms with van der Waals surface area (Å²) in [4.78, 5) is 3.68. The zero-order chi connectivity index (χ0) is 13.8. The van der Waals surface area contributed by atoms with Crippen LogP contribution in [0, 0.1) is 0 Å². The molecule has 2 aliphatic rings. The van der Waals surface area contributed by atoms with Crippen LogP contribution in [0.3, 0.4) is 0 Å². The Kier molecular flexibility index (Phi) is 2.12. The molecular formula is C20H15N. The molecule has 1 nitrogen and oxygen atoms in total. The molecule has 5 rings (SSSR count). The molecule has 0 radical (unpaired) electrons. The lowest BCUT2D eigenvalue weighted by Gasteiger charge is -2.14. The molecule has 2 aliphatic carbocycles.